The summed E-state index contributed by atoms with van der Waals surface area (Å²) in [7, 11) is 0. The third kappa shape index (κ3) is 1.78. The molecule has 1 aromatic heterocycles. The highest BCUT2D eigenvalue weighted by Crippen LogP contribution is 2.30. The summed E-state index contributed by atoms with van der Waals surface area (Å²) in [6.07, 6.45) is 0.911. The molecule has 0 aromatic carbocycles. The van der Waals surface area contributed by atoms with E-state index in [0.717, 1.165) is 19.6 Å². The molecule has 14 heavy (non-hydrogen) atoms. The Morgan fingerprint density at radius 2 is 2.43 bits per heavy atom. The molecule has 1 saturated heterocycles. The van der Waals surface area contributed by atoms with Crippen molar-refractivity contribution < 1.29 is 14.4 Å². The zero-order valence-electron chi connectivity index (χ0n) is 8.14. The fourth-order valence-electron chi connectivity index (χ4n) is 1.73. The minimum Gasteiger partial charge on any atom is -0.388 e. The third-order valence-corrected chi connectivity index (χ3v) is 2.58. The highest BCUT2D eigenvalue weighted by molar-refractivity contribution is 4.96. The minimum atomic E-state index is -0.166. The Balaban J connectivity index is 2.12. The molecule has 5 nitrogen and oxygen atoms in total. The van der Waals surface area contributed by atoms with Gasteiger partial charge >= 0.3 is 0 Å². The molecule has 1 aliphatic rings. The molecule has 0 amide bonds. The zero-order chi connectivity index (χ0) is 9.97. The van der Waals surface area contributed by atoms with Crippen LogP contribution < -0.4 is 0 Å². The number of nitrogens with zero attached hydrogens (tertiary/aromatic N) is 2. The normalized spacial score (nSPS) is 27.9. The Bertz CT molecular complexity index is 300. The number of aliphatic hydroxyl groups excluding tert-OH is 1. The molecule has 1 aromatic rings. The highest BCUT2D eigenvalue weighted by atomic mass is 16.5. The second-order valence-electron chi connectivity index (χ2n) is 3.65. The molecule has 1 aliphatic heterocycles. The molecule has 78 valence electrons. The van der Waals surface area contributed by atoms with E-state index in [2.05, 4.69) is 17.1 Å². The molecule has 2 unspecified atom stereocenters. The summed E-state index contributed by atoms with van der Waals surface area (Å²) < 4.78 is 10.4. The zero-order valence-corrected chi connectivity index (χ0v) is 8.14. The van der Waals surface area contributed by atoms with E-state index >= 15 is 0 Å². The quantitative estimate of drug-likeness (QED) is 0.757. The molecular weight excluding hydrogens is 184 g/mol. The molecule has 0 spiro atoms. The number of aliphatic hydroxyl groups is 1. The molecule has 5 heteroatoms. The summed E-state index contributed by atoms with van der Waals surface area (Å²) in [5.41, 5.74) is 0. The highest BCUT2D eigenvalue weighted by Gasteiger charge is 2.28. The van der Waals surface area contributed by atoms with Crippen molar-refractivity contribution in [2.75, 3.05) is 13.2 Å². The number of aromatic nitrogens is 2. The van der Waals surface area contributed by atoms with Crippen molar-refractivity contribution in [1.29, 1.82) is 0 Å². The van der Waals surface area contributed by atoms with Crippen molar-refractivity contribution in [2.24, 2.45) is 5.92 Å². The van der Waals surface area contributed by atoms with E-state index in [1.54, 1.807) is 0 Å². The van der Waals surface area contributed by atoms with Crippen LogP contribution in [0.15, 0.2) is 4.52 Å². The molecule has 0 bridgehead atoms. The first kappa shape index (κ1) is 9.61. The summed E-state index contributed by atoms with van der Waals surface area (Å²) in [6.45, 7) is 3.42. The van der Waals surface area contributed by atoms with Gasteiger partial charge in [0.25, 0.3) is 0 Å². The molecular formula is C9H14N2O3. The summed E-state index contributed by atoms with van der Waals surface area (Å²) >= 11 is 0. The van der Waals surface area contributed by atoms with Gasteiger partial charge in [0, 0.05) is 19.1 Å². The van der Waals surface area contributed by atoms with Crippen LogP contribution in [0.1, 0.15) is 31.0 Å². The lowest BCUT2D eigenvalue weighted by Crippen LogP contribution is -2.23. The van der Waals surface area contributed by atoms with Crippen LogP contribution in [0.5, 0.6) is 0 Å². The van der Waals surface area contributed by atoms with Crippen molar-refractivity contribution in [2.45, 2.75) is 25.9 Å². The minimum absolute atomic E-state index is 0.166. The fourth-order valence-corrected chi connectivity index (χ4v) is 1.73. The van der Waals surface area contributed by atoms with E-state index in [9.17, 15) is 0 Å². The summed E-state index contributed by atoms with van der Waals surface area (Å²) in [5.74, 6) is 1.66. The average molecular weight is 198 g/mol. The fraction of sp³-hybridized carbons (Fsp3) is 0.778. The van der Waals surface area contributed by atoms with Crippen LogP contribution in [0.25, 0.3) is 0 Å². The molecule has 0 radical (unpaired) electrons. The van der Waals surface area contributed by atoms with Gasteiger partial charge in [-0.25, -0.2) is 0 Å². The predicted octanol–water partition coefficient (Wildman–Crippen LogP) is 0.702. The maximum atomic E-state index is 8.81. The predicted molar refractivity (Wildman–Crippen MR) is 47.6 cm³/mol. The third-order valence-electron chi connectivity index (χ3n) is 2.58. The monoisotopic (exact) mass is 198 g/mol. The number of ether oxygens (including phenoxy) is 1. The van der Waals surface area contributed by atoms with Gasteiger partial charge in [-0.1, -0.05) is 12.1 Å². The van der Waals surface area contributed by atoms with E-state index in [1.165, 1.54) is 0 Å². The van der Waals surface area contributed by atoms with Gasteiger partial charge < -0.3 is 14.4 Å². The Labute approximate surface area is 82.1 Å². The van der Waals surface area contributed by atoms with Crippen LogP contribution in [0.2, 0.25) is 0 Å². The first-order valence-corrected chi connectivity index (χ1v) is 4.82. The van der Waals surface area contributed by atoms with Gasteiger partial charge in [-0.05, 0) is 12.3 Å². The molecule has 2 heterocycles. The van der Waals surface area contributed by atoms with Gasteiger partial charge in [0.1, 0.15) is 6.61 Å². The Morgan fingerprint density at radius 3 is 3.07 bits per heavy atom. The van der Waals surface area contributed by atoms with Crippen molar-refractivity contribution in [3.05, 3.63) is 11.7 Å². The largest absolute Gasteiger partial charge is 0.388 e. The van der Waals surface area contributed by atoms with Crippen molar-refractivity contribution in [3.63, 3.8) is 0 Å². The SMILES string of the molecule is CC1COCCC1c1nc(CO)no1. The van der Waals surface area contributed by atoms with Gasteiger partial charge in [-0.3, -0.25) is 0 Å². The van der Waals surface area contributed by atoms with Crippen molar-refractivity contribution >= 4 is 0 Å². The molecule has 1 fully saturated rings. The van der Waals surface area contributed by atoms with Crippen molar-refractivity contribution in [1.82, 2.24) is 10.1 Å². The number of hydrogen-bond acceptors (Lipinski definition) is 5. The molecule has 0 saturated carbocycles. The summed E-state index contributed by atoms with van der Waals surface area (Å²) in [5, 5.41) is 12.5. The van der Waals surface area contributed by atoms with Gasteiger partial charge in [0.15, 0.2) is 5.82 Å². The first-order chi connectivity index (χ1) is 6.81. The van der Waals surface area contributed by atoms with Crippen LogP contribution in [0.3, 0.4) is 0 Å². The second kappa shape index (κ2) is 4.06. The van der Waals surface area contributed by atoms with E-state index in [0.29, 0.717) is 17.6 Å². The Hall–Kier alpha value is -0.940. The molecule has 2 rings (SSSR count). The van der Waals surface area contributed by atoms with Crippen LogP contribution in [0, 0.1) is 5.92 Å². The maximum Gasteiger partial charge on any atom is 0.230 e. The Kier molecular flexibility index (Phi) is 2.79. The Morgan fingerprint density at radius 1 is 1.57 bits per heavy atom. The molecule has 0 aliphatic carbocycles. The van der Waals surface area contributed by atoms with Gasteiger partial charge in [0.2, 0.25) is 5.89 Å². The number of hydrogen-bond donors (Lipinski definition) is 1. The van der Waals surface area contributed by atoms with Crippen LogP contribution in [-0.2, 0) is 11.3 Å². The number of rotatable bonds is 2. The lowest BCUT2D eigenvalue weighted by molar-refractivity contribution is 0.0392. The van der Waals surface area contributed by atoms with Crippen LogP contribution in [-0.4, -0.2) is 28.5 Å². The summed E-state index contributed by atoms with van der Waals surface area (Å²) in [6, 6.07) is 0. The second-order valence-corrected chi connectivity index (χ2v) is 3.65. The molecule has 1 N–H and O–H groups in total. The van der Waals surface area contributed by atoms with E-state index < -0.39 is 0 Å². The lowest BCUT2D eigenvalue weighted by Gasteiger charge is -2.25. The maximum absolute atomic E-state index is 8.81. The first-order valence-electron chi connectivity index (χ1n) is 4.82. The van der Waals surface area contributed by atoms with Gasteiger partial charge in [-0.2, -0.15) is 4.98 Å². The summed E-state index contributed by atoms with van der Waals surface area (Å²) in [4.78, 5) is 4.12. The van der Waals surface area contributed by atoms with Crippen LogP contribution >= 0.6 is 0 Å². The van der Waals surface area contributed by atoms with Gasteiger partial charge in [-0.15, -0.1) is 0 Å². The standard InChI is InChI=1S/C9H14N2O3/c1-6-5-13-3-2-7(6)9-10-8(4-12)11-14-9/h6-7,12H,2-5H2,1H3. The topological polar surface area (TPSA) is 68.4 Å². The average Bonchev–Trinajstić information content (AvgIpc) is 2.67. The van der Waals surface area contributed by atoms with Crippen molar-refractivity contribution in [3.8, 4) is 0 Å². The van der Waals surface area contributed by atoms with E-state index in [-0.39, 0.29) is 12.5 Å². The van der Waals surface area contributed by atoms with E-state index in [4.69, 9.17) is 14.4 Å². The smallest absolute Gasteiger partial charge is 0.230 e. The van der Waals surface area contributed by atoms with Crippen LogP contribution in [0.4, 0.5) is 0 Å². The van der Waals surface area contributed by atoms with Gasteiger partial charge in [0.05, 0.1) is 0 Å². The molecule has 2 atom stereocenters. The lowest BCUT2D eigenvalue weighted by atomic mass is 9.90. The van der Waals surface area contributed by atoms with E-state index in [1.807, 2.05) is 0 Å².